The lowest BCUT2D eigenvalue weighted by Gasteiger charge is -2.35. The number of likely N-dealkylation sites (tertiary alicyclic amines) is 1. The van der Waals surface area contributed by atoms with Crippen LogP contribution in [0.25, 0.3) is 0 Å². The Bertz CT molecular complexity index is 128. The first-order valence-electron chi connectivity index (χ1n) is 4.65. The van der Waals surface area contributed by atoms with E-state index in [-0.39, 0.29) is 6.67 Å². The van der Waals surface area contributed by atoms with Crippen molar-refractivity contribution in [2.45, 2.75) is 31.8 Å². The summed E-state index contributed by atoms with van der Waals surface area (Å²) in [7, 11) is 0. The second-order valence-electron chi connectivity index (χ2n) is 3.88. The van der Waals surface area contributed by atoms with Gasteiger partial charge in [0, 0.05) is 19.6 Å². The lowest BCUT2D eigenvalue weighted by molar-refractivity contribution is -0.00569. The molecule has 0 aromatic carbocycles. The minimum Gasteiger partial charge on any atom is -0.390 e. The number of piperidine rings is 1. The Morgan fingerprint density at radius 1 is 1.42 bits per heavy atom. The average molecular weight is 175 g/mol. The van der Waals surface area contributed by atoms with Crippen LogP contribution in [0.15, 0.2) is 0 Å². The van der Waals surface area contributed by atoms with Gasteiger partial charge in [-0.1, -0.05) is 0 Å². The molecule has 0 unspecified atom stereocenters. The van der Waals surface area contributed by atoms with Gasteiger partial charge in [-0.3, -0.25) is 4.39 Å². The van der Waals surface area contributed by atoms with E-state index in [9.17, 15) is 9.50 Å². The largest absolute Gasteiger partial charge is 0.390 e. The molecule has 0 atom stereocenters. The van der Waals surface area contributed by atoms with Crippen LogP contribution in [0.4, 0.5) is 4.39 Å². The topological polar surface area (TPSA) is 23.5 Å². The number of halogens is 1. The summed E-state index contributed by atoms with van der Waals surface area (Å²) in [5.74, 6) is 0. The number of rotatable bonds is 3. The van der Waals surface area contributed by atoms with Crippen LogP contribution < -0.4 is 0 Å². The van der Waals surface area contributed by atoms with Crippen molar-refractivity contribution in [2.75, 3.05) is 26.3 Å². The molecule has 0 aromatic heterocycles. The molecule has 1 heterocycles. The minimum atomic E-state index is -0.480. The third-order valence-electron chi connectivity index (χ3n) is 2.54. The highest BCUT2D eigenvalue weighted by atomic mass is 19.1. The molecule has 1 aliphatic heterocycles. The maximum atomic E-state index is 11.8. The third kappa shape index (κ3) is 3.07. The van der Waals surface area contributed by atoms with E-state index < -0.39 is 5.60 Å². The van der Waals surface area contributed by atoms with Crippen LogP contribution in [0.3, 0.4) is 0 Å². The highest BCUT2D eigenvalue weighted by Crippen LogP contribution is 2.20. The van der Waals surface area contributed by atoms with Crippen LogP contribution in [0.5, 0.6) is 0 Å². The second kappa shape index (κ2) is 4.19. The Balaban J connectivity index is 2.18. The van der Waals surface area contributed by atoms with E-state index in [0.717, 1.165) is 32.5 Å². The Labute approximate surface area is 73.4 Å². The maximum Gasteiger partial charge on any atom is 0.0906 e. The molecule has 0 spiro atoms. The number of alkyl halides is 1. The summed E-state index contributed by atoms with van der Waals surface area (Å²) >= 11 is 0. The Morgan fingerprint density at radius 3 is 2.50 bits per heavy atom. The molecule has 1 saturated heterocycles. The summed E-state index contributed by atoms with van der Waals surface area (Å²) in [6.07, 6.45) is 2.26. The maximum absolute atomic E-state index is 11.8. The van der Waals surface area contributed by atoms with E-state index in [4.69, 9.17) is 0 Å². The minimum absolute atomic E-state index is 0.229. The van der Waals surface area contributed by atoms with Crippen molar-refractivity contribution in [3.8, 4) is 0 Å². The van der Waals surface area contributed by atoms with Gasteiger partial charge in [-0.05, 0) is 26.2 Å². The van der Waals surface area contributed by atoms with Gasteiger partial charge in [-0.2, -0.15) is 0 Å². The molecule has 0 radical (unpaired) electrons. The monoisotopic (exact) mass is 175 g/mol. The SMILES string of the molecule is CC1(O)CCN(CCCF)CC1. The van der Waals surface area contributed by atoms with Crippen LogP contribution in [0.2, 0.25) is 0 Å². The van der Waals surface area contributed by atoms with Crippen molar-refractivity contribution in [1.29, 1.82) is 0 Å². The van der Waals surface area contributed by atoms with E-state index >= 15 is 0 Å². The molecular formula is C9H18FNO. The standard InChI is InChI=1S/C9H18FNO/c1-9(12)3-7-11(8-4-9)6-2-5-10/h12H,2-8H2,1H3. The lowest BCUT2D eigenvalue weighted by Crippen LogP contribution is -2.42. The zero-order valence-electron chi connectivity index (χ0n) is 7.72. The molecule has 1 N–H and O–H groups in total. The molecular weight excluding hydrogens is 157 g/mol. The highest BCUT2D eigenvalue weighted by Gasteiger charge is 2.26. The summed E-state index contributed by atoms with van der Waals surface area (Å²) in [6.45, 7) is 4.30. The van der Waals surface area contributed by atoms with Gasteiger partial charge in [0.05, 0.1) is 12.3 Å². The van der Waals surface area contributed by atoms with Gasteiger partial charge >= 0.3 is 0 Å². The van der Waals surface area contributed by atoms with Gasteiger partial charge in [0.1, 0.15) is 0 Å². The Kier molecular flexibility index (Phi) is 3.47. The molecule has 0 aromatic rings. The summed E-state index contributed by atoms with van der Waals surface area (Å²) in [5, 5.41) is 9.62. The number of nitrogens with zero attached hydrogens (tertiary/aromatic N) is 1. The third-order valence-corrected chi connectivity index (χ3v) is 2.54. The Morgan fingerprint density at radius 2 is 2.00 bits per heavy atom. The molecule has 0 aliphatic carbocycles. The van der Waals surface area contributed by atoms with Crippen LogP contribution >= 0.6 is 0 Å². The van der Waals surface area contributed by atoms with Gasteiger partial charge < -0.3 is 10.0 Å². The quantitative estimate of drug-likeness (QED) is 0.696. The molecule has 1 rings (SSSR count). The molecule has 2 nitrogen and oxygen atoms in total. The zero-order valence-corrected chi connectivity index (χ0v) is 7.72. The number of aliphatic hydroxyl groups is 1. The van der Waals surface area contributed by atoms with E-state index in [0.29, 0.717) is 6.42 Å². The van der Waals surface area contributed by atoms with Crippen LogP contribution in [-0.4, -0.2) is 41.9 Å². The lowest BCUT2D eigenvalue weighted by atomic mass is 9.94. The first kappa shape index (κ1) is 9.93. The van der Waals surface area contributed by atoms with Crippen molar-refractivity contribution >= 4 is 0 Å². The summed E-state index contributed by atoms with van der Waals surface area (Å²) in [4.78, 5) is 2.22. The van der Waals surface area contributed by atoms with Gasteiger partial charge in [0.2, 0.25) is 0 Å². The molecule has 1 aliphatic rings. The normalized spacial score (nSPS) is 24.2. The van der Waals surface area contributed by atoms with Gasteiger partial charge in [0.25, 0.3) is 0 Å². The smallest absolute Gasteiger partial charge is 0.0906 e. The zero-order chi connectivity index (χ0) is 9.03. The number of hydrogen-bond acceptors (Lipinski definition) is 2. The van der Waals surface area contributed by atoms with E-state index in [1.54, 1.807) is 0 Å². The predicted molar refractivity (Wildman–Crippen MR) is 46.9 cm³/mol. The molecule has 0 bridgehead atoms. The van der Waals surface area contributed by atoms with Crippen molar-refractivity contribution < 1.29 is 9.50 Å². The predicted octanol–water partition coefficient (Wildman–Crippen LogP) is 1.19. The molecule has 0 amide bonds. The van der Waals surface area contributed by atoms with Gasteiger partial charge in [-0.15, -0.1) is 0 Å². The summed E-state index contributed by atoms with van der Waals surface area (Å²) < 4.78 is 11.8. The Hall–Kier alpha value is -0.150. The van der Waals surface area contributed by atoms with E-state index in [2.05, 4.69) is 4.90 Å². The van der Waals surface area contributed by atoms with Gasteiger partial charge in [0.15, 0.2) is 0 Å². The molecule has 12 heavy (non-hydrogen) atoms. The fourth-order valence-electron chi connectivity index (χ4n) is 1.54. The van der Waals surface area contributed by atoms with Crippen LogP contribution in [-0.2, 0) is 0 Å². The molecule has 0 saturated carbocycles. The molecule has 72 valence electrons. The summed E-state index contributed by atoms with van der Waals surface area (Å²) in [6, 6.07) is 0. The van der Waals surface area contributed by atoms with E-state index in [1.807, 2.05) is 6.92 Å². The average Bonchev–Trinajstić information content (AvgIpc) is 2.03. The fourth-order valence-corrected chi connectivity index (χ4v) is 1.54. The van der Waals surface area contributed by atoms with Crippen molar-refractivity contribution in [2.24, 2.45) is 0 Å². The molecule has 1 fully saturated rings. The van der Waals surface area contributed by atoms with Crippen LogP contribution in [0, 0.1) is 0 Å². The first-order valence-corrected chi connectivity index (χ1v) is 4.65. The highest BCUT2D eigenvalue weighted by molar-refractivity contribution is 4.81. The molecule has 3 heteroatoms. The van der Waals surface area contributed by atoms with E-state index in [1.165, 1.54) is 0 Å². The van der Waals surface area contributed by atoms with Crippen molar-refractivity contribution in [3.63, 3.8) is 0 Å². The van der Waals surface area contributed by atoms with Crippen molar-refractivity contribution in [3.05, 3.63) is 0 Å². The second-order valence-corrected chi connectivity index (χ2v) is 3.88. The first-order chi connectivity index (χ1) is 5.64. The van der Waals surface area contributed by atoms with Crippen molar-refractivity contribution in [1.82, 2.24) is 4.90 Å². The van der Waals surface area contributed by atoms with Crippen LogP contribution in [0.1, 0.15) is 26.2 Å². The number of hydrogen-bond donors (Lipinski definition) is 1. The fraction of sp³-hybridized carbons (Fsp3) is 1.00. The summed E-state index contributed by atoms with van der Waals surface area (Å²) in [5.41, 5.74) is -0.480. The van der Waals surface area contributed by atoms with Gasteiger partial charge in [-0.25, -0.2) is 0 Å².